The van der Waals surface area contributed by atoms with Crippen molar-refractivity contribution in [2.24, 2.45) is 5.73 Å². The standard InChI is InChI=1S/C11H7BrCl3NS/c12-11-8(15)4-9(17-11)10(16)6-2-1-5(13)3-7(6)14/h1-4,10H,16H2. The van der Waals surface area contributed by atoms with Crippen molar-refractivity contribution in [1.82, 2.24) is 0 Å². The molecule has 6 heteroatoms. The first kappa shape index (κ1) is 13.7. The Labute approximate surface area is 127 Å². The summed E-state index contributed by atoms with van der Waals surface area (Å²) >= 11 is 22.8. The molecule has 0 fully saturated rings. The van der Waals surface area contributed by atoms with E-state index in [-0.39, 0.29) is 6.04 Å². The Morgan fingerprint density at radius 3 is 2.35 bits per heavy atom. The van der Waals surface area contributed by atoms with Gasteiger partial charge in [-0.25, -0.2) is 0 Å². The third kappa shape index (κ3) is 2.98. The molecular formula is C11H7BrCl3NS. The van der Waals surface area contributed by atoms with Gasteiger partial charge in [0.25, 0.3) is 0 Å². The Morgan fingerprint density at radius 1 is 1.12 bits per heavy atom. The van der Waals surface area contributed by atoms with Gasteiger partial charge in [-0.1, -0.05) is 40.9 Å². The van der Waals surface area contributed by atoms with E-state index in [1.54, 1.807) is 12.1 Å². The van der Waals surface area contributed by atoms with E-state index in [1.807, 2.05) is 12.1 Å². The van der Waals surface area contributed by atoms with Crippen LogP contribution in [0.25, 0.3) is 0 Å². The Bertz CT molecular complexity index is 536. The second-order valence-corrected chi connectivity index (χ2v) is 7.07. The Kier molecular flexibility index (Phi) is 4.40. The van der Waals surface area contributed by atoms with Gasteiger partial charge in [0, 0.05) is 14.9 Å². The molecule has 0 aliphatic heterocycles. The van der Waals surface area contributed by atoms with Gasteiger partial charge in [0.2, 0.25) is 0 Å². The van der Waals surface area contributed by atoms with Crippen LogP contribution in [0, 0.1) is 0 Å². The quantitative estimate of drug-likeness (QED) is 0.739. The predicted octanol–water partition coefficient (Wildman–Crippen LogP) is 5.52. The van der Waals surface area contributed by atoms with Gasteiger partial charge in [-0.05, 0) is 39.7 Å². The summed E-state index contributed by atoms with van der Waals surface area (Å²) in [5.74, 6) is 0. The monoisotopic (exact) mass is 369 g/mol. The van der Waals surface area contributed by atoms with Crippen LogP contribution in [0.2, 0.25) is 15.1 Å². The maximum atomic E-state index is 6.15. The van der Waals surface area contributed by atoms with Crippen molar-refractivity contribution >= 4 is 62.1 Å². The average molecular weight is 372 g/mol. The molecular weight excluding hydrogens is 364 g/mol. The zero-order chi connectivity index (χ0) is 12.6. The highest BCUT2D eigenvalue weighted by Gasteiger charge is 2.16. The first-order valence-corrected chi connectivity index (χ1v) is 7.38. The second-order valence-electron chi connectivity index (χ2n) is 3.41. The van der Waals surface area contributed by atoms with Gasteiger partial charge < -0.3 is 5.73 Å². The second kappa shape index (κ2) is 5.47. The fraction of sp³-hybridized carbons (Fsp3) is 0.0909. The van der Waals surface area contributed by atoms with E-state index in [4.69, 9.17) is 40.5 Å². The summed E-state index contributed by atoms with van der Waals surface area (Å²) in [6.45, 7) is 0. The molecule has 0 saturated carbocycles. The van der Waals surface area contributed by atoms with Crippen LogP contribution in [0.15, 0.2) is 28.1 Å². The van der Waals surface area contributed by atoms with E-state index in [0.717, 1.165) is 14.2 Å². The third-order valence-corrected chi connectivity index (χ3v) is 5.39. The van der Waals surface area contributed by atoms with E-state index in [9.17, 15) is 0 Å². The van der Waals surface area contributed by atoms with Gasteiger partial charge in [0.1, 0.15) is 0 Å². The highest BCUT2D eigenvalue weighted by Crippen LogP contribution is 2.38. The number of hydrogen-bond donors (Lipinski definition) is 1. The van der Waals surface area contributed by atoms with Gasteiger partial charge in [-0.15, -0.1) is 11.3 Å². The molecule has 2 rings (SSSR count). The molecule has 0 amide bonds. The summed E-state index contributed by atoms with van der Waals surface area (Å²) in [6.07, 6.45) is 0. The van der Waals surface area contributed by atoms with E-state index >= 15 is 0 Å². The van der Waals surface area contributed by atoms with E-state index in [0.29, 0.717) is 15.1 Å². The van der Waals surface area contributed by atoms with Crippen LogP contribution < -0.4 is 5.73 Å². The van der Waals surface area contributed by atoms with Crippen molar-refractivity contribution in [3.63, 3.8) is 0 Å². The molecule has 2 N–H and O–H groups in total. The lowest BCUT2D eigenvalue weighted by Crippen LogP contribution is -2.10. The zero-order valence-electron chi connectivity index (χ0n) is 8.38. The van der Waals surface area contributed by atoms with Crippen LogP contribution in [0.3, 0.4) is 0 Å². The van der Waals surface area contributed by atoms with E-state index in [2.05, 4.69) is 15.9 Å². The van der Waals surface area contributed by atoms with Gasteiger partial charge in [0.05, 0.1) is 14.9 Å². The summed E-state index contributed by atoms with van der Waals surface area (Å²) in [7, 11) is 0. The highest BCUT2D eigenvalue weighted by atomic mass is 79.9. The third-order valence-electron chi connectivity index (χ3n) is 2.27. The van der Waals surface area contributed by atoms with Crippen molar-refractivity contribution in [2.45, 2.75) is 6.04 Å². The van der Waals surface area contributed by atoms with Gasteiger partial charge in [-0.2, -0.15) is 0 Å². The van der Waals surface area contributed by atoms with Crippen LogP contribution in [0.4, 0.5) is 0 Å². The predicted molar refractivity (Wildman–Crippen MR) is 79.5 cm³/mol. The van der Waals surface area contributed by atoms with Crippen LogP contribution in [-0.4, -0.2) is 0 Å². The first-order chi connectivity index (χ1) is 7.99. The molecule has 1 heterocycles. The molecule has 0 aliphatic carbocycles. The van der Waals surface area contributed by atoms with Gasteiger partial charge >= 0.3 is 0 Å². The fourth-order valence-corrected chi connectivity index (χ4v) is 3.72. The maximum Gasteiger partial charge on any atom is 0.0888 e. The number of rotatable bonds is 2. The molecule has 0 bridgehead atoms. The van der Waals surface area contributed by atoms with Crippen molar-refractivity contribution in [2.75, 3.05) is 0 Å². The average Bonchev–Trinajstić information content (AvgIpc) is 2.58. The molecule has 1 nitrogen and oxygen atoms in total. The molecule has 90 valence electrons. The lowest BCUT2D eigenvalue weighted by atomic mass is 10.1. The molecule has 1 unspecified atom stereocenters. The minimum absolute atomic E-state index is 0.298. The SMILES string of the molecule is NC(c1cc(Cl)c(Br)s1)c1ccc(Cl)cc1Cl. The van der Waals surface area contributed by atoms with Crippen LogP contribution in [0.5, 0.6) is 0 Å². The molecule has 1 aromatic heterocycles. The molecule has 0 radical (unpaired) electrons. The van der Waals surface area contributed by atoms with Crippen molar-refractivity contribution in [3.05, 3.63) is 53.6 Å². The normalized spacial score (nSPS) is 12.8. The minimum Gasteiger partial charge on any atom is -0.320 e. The Balaban J connectivity index is 2.39. The van der Waals surface area contributed by atoms with Crippen LogP contribution in [0.1, 0.15) is 16.5 Å². The summed E-state index contributed by atoms with van der Waals surface area (Å²) in [5, 5.41) is 1.81. The molecule has 1 aromatic carbocycles. The Morgan fingerprint density at radius 2 is 1.82 bits per heavy atom. The molecule has 17 heavy (non-hydrogen) atoms. The minimum atomic E-state index is -0.298. The van der Waals surface area contributed by atoms with Gasteiger partial charge in [-0.3, -0.25) is 0 Å². The largest absolute Gasteiger partial charge is 0.320 e. The van der Waals surface area contributed by atoms with Crippen LogP contribution in [-0.2, 0) is 0 Å². The topological polar surface area (TPSA) is 26.0 Å². The lowest BCUT2D eigenvalue weighted by Gasteiger charge is -2.12. The smallest absolute Gasteiger partial charge is 0.0888 e. The summed E-state index contributed by atoms with van der Waals surface area (Å²) in [5.41, 5.74) is 6.99. The van der Waals surface area contributed by atoms with E-state index < -0.39 is 0 Å². The zero-order valence-corrected chi connectivity index (χ0v) is 13.1. The van der Waals surface area contributed by atoms with Crippen molar-refractivity contribution in [1.29, 1.82) is 0 Å². The maximum absolute atomic E-state index is 6.15. The number of hydrogen-bond acceptors (Lipinski definition) is 2. The van der Waals surface area contributed by atoms with Crippen LogP contribution >= 0.6 is 62.1 Å². The fourth-order valence-electron chi connectivity index (χ4n) is 1.42. The molecule has 0 saturated heterocycles. The molecule has 1 atom stereocenters. The van der Waals surface area contributed by atoms with Crippen molar-refractivity contribution < 1.29 is 0 Å². The van der Waals surface area contributed by atoms with E-state index in [1.165, 1.54) is 11.3 Å². The number of halogens is 4. The highest BCUT2D eigenvalue weighted by molar-refractivity contribution is 9.11. The number of benzene rings is 1. The summed E-state index contributed by atoms with van der Waals surface area (Å²) in [6, 6.07) is 6.83. The Hall–Kier alpha value is 0.230. The number of nitrogens with two attached hydrogens (primary N) is 1. The number of thiophene rings is 1. The van der Waals surface area contributed by atoms with Crippen molar-refractivity contribution in [3.8, 4) is 0 Å². The summed E-state index contributed by atoms with van der Waals surface area (Å²) < 4.78 is 0.870. The molecule has 2 aromatic rings. The lowest BCUT2D eigenvalue weighted by molar-refractivity contribution is 0.894. The van der Waals surface area contributed by atoms with Gasteiger partial charge in [0.15, 0.2) is 0 Å². The molecule has 0 spiro atoms. The summed E-state index contributed by atoms with van der Waals surface area (Å²) in [4.78, 5) is 0.950. The first-order valence-electron chi connectivity index (χ1n) is 4.64. The molecule has 0 aliphatic rings.